The predicted octanol–water partition coefficient (Wildman–Crippen LogP) is 3.80. The van der Waals surface area contributed by atoms with Crippen molar-refractivity contribution in [2.75, 3.05) is 5.73 Å². The first-order chi connectivity index (χ1) is 10.5. The van der Waals surface area contributed by atoms with E-state index in [1.54, 1.807) is 24.3 Å². The summed E-state index contributed by atoms with van der Waals surface area (Å²) in [6, 6.07) is 12.0. The van der Waals surface area contributed by atoms with Crippen molar-refractivity contribution in [1.82, 2.24) is 4.98 Å². The summed E-state index contributed by atoms with van der Waals surface area (Å²) in [5.41, 5.74) is 7.60. The molecule has 2 aromatic carbocycles. The van der Waals surface area contributed by atoms with Gasteiger partial charge < -0.3 is 5.21 Å². The lowest BCUT2D eigenvalue weighted by molar-refractivity contribution is -0.602. The van der Waals surface area contributed by atoms with Crippen LogP contribution in [0.15, 0.2) is 42.5 Å². The summed E-state index contributed by atoms with van der Waals surface area (Å²) in [6.07, 6.45) is 0. The fourth-order valence-electron chi connectivity index (χ4n) is 2.56. The van der Waals surface area contributed by atoms with Crippen molar-refractivity contribution < 1.29 is 9.12 Å². The zero-order chi connectivity index (χ0) is 15.9. The van der Waals surface area contributed by atoms with E-state index < -0.39 is 0 Å². The number of hydrogen-bond donors (Lipinski definition) is 1. The number of rotatable bonds is 2. The Hall–Kier alpha value is -2.40. The highest BCUT2D eigenvalue weighted by atomic mass is 35.5. The number of aromatic nitrogens is 2. The minimum atomic E-state index is -0.286. The summed E-state index contributed by atoms with van der Waals surface area (Å²) >= 11 is 0. The van der Waals surface area contributed by atoms with E-state index in [4.69, 9.17) is 5.73 Å². The van der Waals surface area contributed by atoms with Crippen LogP contribution in [0, 0.1) is 11.0 Å². The van der Waals surface area contributed by atoms with E-state index in [0.717, 1.165) is 10.9 Å². The molecular formula is C17H17ClFN3O. The van der Waals surface area contributed by atoms with Crippen LogP contribution in [0.1, 0.15) is 25.5 Å². The largest absolute Gasteiger partial charge is 0.740 e. The highest BCUT2D eigenvalue weighted by Crippen LogP contribution is 2.30. The number of benzene rings is 2. The molecule has 1 heterocycles. The Bertz CT molecular complexity index is 868. The van der Waals surface area contributed by atoms with Gasteiger partial charge in [-0.15, -0.1) is 12.4 Å². The van der Waals surface area contributed by atoms with Crippen LogP contribution in [0.25, 0.3) is 22.0 Å². The van der Waals surface area contributed by atoms with Crippen molar-refractivity contribution in [3.05, 3.63) is 59.2 Å². The normalized spacial score (nSPS) is 10.8. The van der Waals surface area contributed by atoms with Gasteiger partial charge in [-0.2, -0.15) is 0 Å². The first-order valence-corrected chi connectivity index (χ1v) is 7.06. The number of hydrogen-bond acceptors (Lipinski definition) is 3. The molecule has 120 valence electrons. The molecule has 2 N–H and O–H groups in total. The lowest BCUT2D eigenvalue weighted by Gasteiger charge is -2.16. The topological polar surface area (TPSA) is 65.8 Å². The van der Waals surface area contributed by atoms with Crippen LogP contribution in [-0.4, -0.2) is 4.98 Å². The van der Waals surface area contributed by atoms with Crippen LogP contribution in [0.4, 0.5) is 10.3 Å². The third-order valence-electron chi connectivity index (χ3n) is 3.70. The minimum absolute atomic E-state index is 0. The number of anilines is 1. The van der Waals surface area contributed by atoms with Crippen LogP contribution < -0.4 is 10.5 Å². The van der Waals surface area contributed by atoms with Gasteiger partial charge in [0.25, 0.3) is 0 Å². The van der Waals surface area contributed by atoms with Crippen LogP contribution >= 0.6 is 12.4 Å². The Morgan fingerprint density at radius 3 is 2.43 bits per heavy atom. The first kappa shape index (κ1) is 17.0. The number of nitrogens with two attached hydrogens (primary N) is 1. The summed E-state index contributed by atoms with van der Waals surface area (Å²) in [6.45, 7) is 3.82. The van der Waals surface area contributed by atoms with E-state index in [2.05, 4.69) is 4.98 Å². The average Bonchev–Trinajstić information content (AvgIpc) is 2.50. The summed E-state index contributed by atoms with van der Waals surface area (Å²) in [7, 11) is 0. The Kier molecular flexibility index (Phi) is 4.71. The molecule has 4 nitrogen and oxygen atoms in total. The zero-order valence-electron chi connectivity index (χ0n) is 12.8. The molecule has 3 aromatic rings. The molecule has 0 spiro atoms. The Labute approximate surface area is 139 Å². The number of nitrogen functional groups attached to an aromatic ring is 1. The molecule has 0 amide bonds. The molecule has 0 unspecified atom stereocenters. The third kappa shape index (κ3) is 2.92. The maximum atomic E-state index is 13.9. The van der Waals surface area contributed by atoms with E-state index in [0.29, 0.717) is 21.5 Å². The van der Waals surface area contributed by atoms with Gasteiger partial charge in [0, 0.05) is 22.9 Å². The molecular weight excluding hydrogens is 317 g/mol. The maximum Gasteiger partial charge on any atom is 0.390 e. The molecule has 23 heavy (non-hydrogen) atoms. The smallest absolute Gasteiger partial charge is 0.390 e. The van der Waals surface area contributed by atoms with Crippen LogP contribution in [0.3, 0.4) is 0 Å². The predicted molar refractivity (Wildman–Crippen MR) is 91.8 cm³/mol. The molecule has 0 aliphatic heterocycles. The summed E-state index contributed by atoms with van der Waals surface area (Å²) in [5, 5.41) is 13.2. The molecule has 0 bridgehead atoms. The fraction of sp³-hybridized carbons (Fsp3) is 0.176. The van der Waals surface area contributed by atoms with Crippen molar-refractivity contribution in [1.29, 1.82) is 0 Å². The highest BCUT2D eigenvalue weighted by molar-refractivity contribution is 5.96. The van der Waals surface area contributed by atoms with Gasteiger partial charge in [-0.25, -0.2) is 9.12 Å². The van der Waals surface area contributed by atoms with Gasteiger partial charge in [0.15, 0.2) is 5.69 Å². The van der Waals surface area contributed by atoms with Crippen molar-refractivity contribution in [3.8, 4) is 11.3 Å². The molecule has 0 aliphatic rings. The highest BCUT2D eigenvalue weighted by Gasteiger charge is 2.17. The zero-order valence-corrected chi connectivity index (χ0v) is 13.6. The van der Waals surface area contributed by atoms with Gasteiger partial charge in [0.1, 0.15) is 5.82 Å². The molecule has 0 aliphatic carbocycles. The quantitative estimate of drug-likeness (QED) is 0.573. The fourth-order valence-corrected chi connectivity index (χ4v) is 2.56. The second-order valence-corrected chi connectivity index (χ2v) is 5.51. The van der Waals surface area contributed by atoms with Crippen LogP contribution in [-0.2, 0) is 0 Å². The van der Waals surface area contributed by atoms with Crippen molar-refractivity contribution >= 4 is 29.1 Å². The Balaban J connectivity index is 0.00000192. The van der Waals surface area contributed by atoms with Gasteiger partial charge in [0.2, 0.25) is 0 Å². The monoisotopic (exact) mass is 333 g/mol. The van der Waals surface area contributed by atoms with E-state index in [1.165, 1.54) is 6.07 Å². The Morgan fingerprint density at radius 1 is 1.13 bits per heavy atom. The summed E-state index contributed by atoms with van der Waals surface area (Å²) < 4.78 is 14.6. The van der Waals surface area contributed by atoms with E-state index in [9.17, 15) is 9.60 Å². The van der Waals surface area contributed by atoms with Crippen LogP contribution in [0.2, 0.25) is 0 Å². The van der Waals surface area contributed by atoms with Gasteiger partial charge >= 0.3 is 5.95 Å². The molecule has 1 aromatic heterocycles. The second-order valence-electron chi connectivity index (χ2n) is 5.51. The van der Waals surface area contributed by atoms with Gasteiger partial charge in [-0.1, -0.05) is 43.1 Å². The molecule has 0 saturated heterocycles. The molecule has 3 rings (SSSR count). The number of halogens is 2. The average molecular weight is 334 g/mol. The van der Waals surface area contributed by atoms with Gasteiger partial charge in [-0.3, -0.25) is 5.73 Å². The standard InChI is InChI=1S/C17H16FN3O.ClH/c1-10(2)16-9-15(20-17(19)21(16)22)13-7-8-14(18)12-6-4-3-5-11(12)13;/h3-10H,1-2H3,(H2,19,20);1H. The first-order valence-electron chi connectivity index (χ1n) is 7.06. The summed E-state index contributed by atoms with van der Waals surface area (Å²) in [4.78, 5) is 4.17. The molecule has 0 radical (unpaired) electrons. The lowest BCUT2D eigenvalue weighted by atomic mass is 10.00. The summed E-state index contributed by atoms with van der Waals surface area (Å²) in [5.74, 6) is -0.380. The number of nitrogens with zero attached hydrogens (tertiary/aromatic N) is 2. The van der Waals surface area contributed by atoms with Gasteiger partial charge in [-0.05, 0) is 17.5 Å². The van der Waals surface area contributed by atoms with E-state index in [-0.39, 0.29) is 30.1 Å². The molecule has 0 fully saturated rings. The molecule has 0 saturated carbocycles. The van der Waals surface area contributed by atoms with E-state index >= 15 is 0 Å². The molecule has 6 heteroatoms. The van der Waals surface area contributed by atoms with E-state index in [1.807, 2.05) is 26.0 Å². The SMILES string of the molecule is CC(C)c1cc(-c2ccc(F)c3ccccc23)nc(N)[n+]1[O-].Cl. The van der Waals surface area contributed by atoms with Crippen LogP contribution in [0.5, 0.6) is 0 Å². The van der Waals surface area contributed by atoms with Crippen molar-refractivity contribution in [2.24, 2.45) is 0 Å². The van der Waals surface area contributed by atoms with Gasteiger partial charge in [0.05, 0.1) is 5.69 Å². The Morgan fingerprint density at radius 2 is 1.78 bits per heavy atom. The third-order valence-corrected chi connectivity index (χ3v) is 3.70. The second kappa shape index (κ2) is 6.38. The maximum absolute atomic E-state index is 13.9. The minimum Gasteiger partial charge on any atom is -0.740 e. The lowest BCUT2D eigenvalue weighted by Crippen LogP contribution is -2.37. The molecule has 0 atom stereocenters. The van der Waals surface area contributed by atoms with Crippen molar-refractivity contribution in [3.63, 3.8) is 0 Å². The van der Waals surface area contributed by atoms with Crippen molar-refractivity contribution in [2.45, 2.75) is 19.8 Å². The number of fused-ring (bicyclic) bond motifs is 1.